The molecule has 7 nitrogen and oxygen atoms in total. The van der Waals surface area contributed by atoms with Crippen LogP contribution in [-0.2, 0) is 14.4 Å². The minimum Gasteiger partial charge on any atom is -0.497 e. The van der Waals surface area contributed by atoms with Crippen LogP contribution in [0.25, 0.3) is 0 Å². The Kier molecular flexibility index (Phi) is 3.84. The summed E-state index contributed by atoms with van der Waals surface area (Å²) in [6.45, 7) is 0. The van der Waals surface area contributed by atoms with Gasteiger partial charge in [-0.05, 0) is 24.3 Å². The fourth-order valence-electron chi connectivity index (χ4n) is 3.24. The third kappa shape index (κ3) is 2.32. The van der Waals surface area contributed by atoms with Gasteiger partial charge in [0.2, 0.25) is 12.0 Å². The van der Waals surface area contributed by atoms with Gasteiger partial charge in [-0.3, -0.25) is 9.59 Å². The van der Waals surface area contributed by atoms with Crippen molar-refractivity contribution >= 4 is 23.2 Å². The lowest BCUT2D eigenvalue weighted by Crippen LogP contribution is -2.33. The van der Waals surface area contributed by atoms with E-state index >= 15 is 0 Å². The number of para-hydroxylation sites is 1. The fourth-order valence-corrected chi connectivity index (χ4v) is 3.24. The minimum absolute atomic E-state index is 0.361. The Labute approximate surface area is 149 Å². The molecule has 0 spiro atoms. The van der Waals surface area contributed by atoms with E-state index < -0.39 is 17.9 Å². The van der Waals surface area contributed by atoms with Crippen LogP contribution in [0.4, 0.5) is 5.69 Å². The monoisotopic (exact) mass is 352 g/mol. The number of ether oxygens (including phenoxy) is 2. The molecule has 0 aromatic heterocycles. The van der Waals surface area contributed by atoms with Gasteiger partial charge in [0.25, 0.3) is 5.91 Å². The number of nitrogens with zero attached hydrogens (tertiary/aromatic N) is 2. The number of carbonyl (C=O) groups is 2. The second-order valence-corrected chi connectivity index (χ2v) is 5.89. The van der Waals surface area contributed by atoms with Crippen LogP contribution >= 0.6 is 0 Å². The van der Waals surface area contributed by atoms with E-state index in [0.717, 1.165) is 4.90 Å². The molecule has 2 heterocycles. The Bertz CT molecular complexity index is 909. The Morgan fingerprint density at radius 3 is 2.46 bits per heavy atom. The lowest BCUT2D eigenvalue weighted by molar-refractivity contribution is -0.126. The molecule has 2 aromatic rings. The summed E-state index contributed by atoms with van der Waals surface area (Å²) in [4.78, 5) is 32.1. The van der Waals surface area contributed by atoms with E-state index in [1.807, 2.05) is 6.07 Å². The number of hydrogen-bond acceptors (Lipinski definition) is 6. The number of carbonyl (C=O) groups excluding carboxylic acids is 2. The zero-order chi connectivity index (χ0) is 18.3. The predicted octanol–water partition coefficient (Wildman–Crippen LogP) is 2.00. The lowest BCUT2D eigenvalue weighted by atomic mass is 9.93. The van der Waals surface area contributed by atoms with Crippen LogP contribution in [0.1, 0.15) is 5.56 Å². The van der Waals surface area contributed by atoms with E-state index in [4.69, 9.17) is 14.3 Å². The number of benzene rings is 2. The molecule has 132 valence electrons. The van der Waals surface area contributed by atoms with Gasteiger partial charge in [0.05, 0.1) is 19.9 Å². The van der Waals surface area contributed by atoms with Crippen molar-refractivity contribution in [3.8, 4) is 11.5 Å². The van der Waals surface area contributed by atoms with Crippen LogP contribution in [0.3, 0.4) is 0 Å². The van der Waals surface area contributed by atoms with Crippen molar-refractivity contribution < 1.29 is 23.9 Å². The van der Waals surface area contributed by atoms with Crippen molar-refractivity contribution in [2.24, 2.45) is 11.1 Å². The van der Waals surface area contributed by atoms with Crippen molar-refractivity contribution in [1.82, 2.24) is 0 Å². The van der Waals surface area contributed by atoms with E-state index in [1.54, 1.807) is 49.6 Å². The molecule has 1 saturated heterocycles. The maximum atomic E-state index is 13.0. The molecule has 0 radical (unpaired) electrons. The molecule has 1 fully saturated rings. The molecule has 0 unspecified atom stereocenters. The molecule has 7 heteroatoms. The molecule has 0 N–H and O–H groups in total. The van der Waals surface area contributed by atoms with Crippen LogP contribution < -0.4 is 14.4 Å². The molecular weight excluding hydrogens is 336 g/mol. The second kappa shape index (κ2) is 6.18. The van der Waals surface area contributed by atoms with Gasteiger partial charge in [0.1, 0.15) is 23.1 Å². The summed E-state index contributed by atoms with van der Waals surface area (Å²) in [6.07, 6.45) is -0.954. The fraction of sp³-hybridized carbons (Fsp3) is 0.211. The molecule has 2 aliphatic rings. The van der Waals surface area contributed by atoms with E-state index in [9.17, 15) is 9.59 Å². The third-order valence-corrected chi connectivity index (χ3v) is 4.51. The van der Waals surface area contributed by atoms with Crippen LogP contribution in [0.15, 0.2) is 53.7 Å². The zero-order valence-corrected chi connectivity index (χ0v) is 14.2. The summed E-state index contributed by atoms with van der Waals surface area (Å²) in [5.41, 5.74) is 1.49. The Balaban J connectivity index is 1.72. The van der Waals surface area contributed by atoms with Crippen molar-refractivity contribution in [3.63, 3.8) is 0 Å². The minimum atomic E-state index is -0.954. The highest BCUT2D eigenvalue weighted by atomic mass is 16.7. The average molecular weight is 352 g/mol. The number of anilines is 1. The summed E-state index contributed by atoms with van der Waals surface area (Å²) in [6, 6.07) is 14.0. The average Bonchev–Trinajstić information content (AvgIpc) is 3.22. The number of amides is 2. The van der Waals surface area contributed by atoms with Gasteiger partial charge in [0.15, 0.2) is 0 Å². The summed E-state index contributed by atoms with van der Waals surface area (Å²) in [5, 5.41) is 4.01. The first-order valence-electron chi connectivity index (χ1n) is 8.04. The van der Waals surface area contributed by atoms with Crippen molar-refractivity contribution in [3.05, 3.63) is 54.1 Å². The van der Waals surface area contributed by atoms with E-state index in [0.29, 0.717) is 28.5 Å². The molecule has 2 atom stereocenters. The molecule has 2 aromatic carbocycles. The standard InChI is InChI=1S/C19H16N2O5/c1-24-12-8-9-13(14(10-12)25-2)16-15-17(26-20-16)19(23)21(18(15)22)11-6-4-3-5-7-11/h3-10,15,17H,1-2H3/t15-,17+/m1/s1. The molecule has 2 aliphatic heterocycles. The molecule has 4 rings (SSSR count). The van der Waals surface area contributed by atoms with Gasteiger partial charge in [-0.25, -0.2) is 4.90 Å². The highest BCUT2D eigenvalue weighted by Crippen LogP contribution is 2.37. The topological polar surface area (TPSA) is 77.4 Å². The summed E-state index contributed by atoms with van der Waals surface area (Å²) >= 11 is 0. The number of rotatable bonds is 4. The maximum absolute atomic E-state index is 13.0. The quantitative estimate of drug-likeness (QED) is 0.787. The summed E-state index contributed by atoms with van der Waals surface area (Å²) < 4.78 is 10.6. The molecule has 0 bridgehead atoms. The summed E-state index contributed by atoms with van der Waals surface area (Å²) in [7, 11) is 3.07. The first-order valence-corrected chi connectivity index (χ1v) is 8.04. The first kappa shape index (κ1) is 16.1. The second-order valence-electron chi connectivity index (χ2n) is 5.89. The largest absolute Gasteiger partial charge is 0.497 e. The lowest BCUT2D eigenvalue weighted by Gasteiger charge is -2.16. The van der Waals surface area contributed by atoms with Crippen molar-refractivity contribution in [2.75, 3.05) is 19.1 Å². The number of hydrogen-bond donors (Lipinski definition) is 0. The maximum Gasteiger partial charge on any atom is 0.278 e. The highest BCUT2D eigenvalue weighted by Gasteiger charge is 2.56. The van der Waals surface area contributed by atoms with Gasteiger partial charge in [-0.2, -0.15) is 0 Å². The van der Waals surface area contributed by atoms with Crippen LogP contribution in [0, 0.1) is 5.92 Å². The van der Waals surface area contributed by atoms with Gasteiger partial charge in [-0.1, -0.05) is 23.4 Å². The van der Waals surface area contributed by atoms with Crippen LogP contribution in [0.5, 0.6) is 11.5 Å². The molecule has 0 aliphatic carbocycles. The normalized spacial score (nSPS) is 21.3. The van der Waals surface area contributed by atoms with Crippen molar-refractivity contribution in [1.29, 1.82) is 0 Å². The summed E-state index contributed by atoms with van der Waals surface area (Å²) in [5.74, 6) is -0.477. The first-order chi connectivity index (χ1) is 12.7. The van der Waals surface area contributed by atoms with Crippen LogP contribution in [-0.4, -0.2) is 37.8 Å². The number of imide groups is 1. The molecule has 0 saturated carbocycles. The molecule has 2 amide bonds. The highest BCUT2D eigenvalue weighted by molar-refractivity contribution is 6.32. The SMILES string of the molecule is COc1ccc(C2=NO[C@@H]3C(=O)N(c4ccccc4)C(=O)[C@H]23)c(OC)c1. The Morgan fingerprint density at radius 1 is 1.00 bits per heavy atom. The van der Waals surface area contributed by atoms with Gasteiger partial charge >= 0.3 is 0 Å². The smallest absolute Gasteiger partial charge is 0.278 e. The van der Waals surface area contributed by atoms with E-state index in [-0.39, 0.29) is 5.91 Å². The number of methoxy groups -OCH3 is 2. The zero-order valence-electron chi connectivity index (χ0n) is 14.2. The Hall–Kier alpha value is -3.35. The molecule has 26 heavy (non-hydrogen) atoms. The number of oxime groups is 1. The van der Waals surface area contributed by atoms with Gasteiger partial charge in [0, 0.05) is 11.6 Å². The third-order valence-electron chi connectivity index (χ3n) is 4.51. The predicted molar refractivity (Wildman–Crippen MR) is 93.4 cm³/mol. The van der Waals surface area contributed by atoms with Crippen LogP contribution in [0.2, 0.25) is 0 Å². The van der Waals surface area contributed by atoms with Crippen molar-refractivity contribution in [2.45, 2.75) is 6.10 Å². The van der Waals surface area contributed by atoms with Gasteiger partial charge in [-0.15, -0.1) is 0 Å². The van der Waals surface area contributed by atoms with Gasteiger partial charge < -0.3 is 14.3 Å². The Morgan fingerprint density at radius 2 is 1.77 bits per heavy atom. The van der Waals surface area contributed by atoms with E-state index in [1.165, 1.54) is 7.11 Å². The van der Waals surface area contributed by atoms with E-state index in [2.05, 4.69) is 5.16 Å². The molecular formula is C19H16N2O5. The number of fused-ring (bicyclic) bond motifs is 1.